The van der Waals surface area contributed by atoms with E-state index in [2.05, 4.69) is 146 Å². The second-order valence-electron chi connectivity index (χ2n) is 12.0. The van der Waals surface area contributed by atoms with Crippen LogP contribution in [0.2, 0.25) is 0 Å². The first-order chi connectivity index (χ1) is 21.5. The summed E-state index contributed by atoms with van der Waals surface area (Å²) in [7, 11) is 1.94. The van der Waals surface area contributed by atoms with Crippen molar-refractivity contribution in [3.63, 3.8) is 0 Å². The SMILES string of the molecule is C[C@@H](C[C@H](Cc1ccc(-c2ccccc2)cc1)N(Cc1ccccc1)Cc1ccccc1)C(=O)N(C)[C@@H](C)c1ccccc1. The zero-order chi connectivity index (χ0) is 30.7. The van der Waals surface area contributed by atoms with Crippen LogP contribution in [0.5, 0.6) is 0 Å². The van der Waals surface area contributed by atoms with E-state index in [1.54, 1.807) is 0 Å². The zero-order valence-electron chi connectivity index (χ0n) is 26.2. The highest BCUT2D eigenvalue weighted by atomic mass is 16.2. The van der Waals surface area contributed by atoms with Gasteiger partial charge in [0, 0.05) is 32.1 Å². The van der Waals surface area contributed by atoms with Gasteiger partial charge in [-0.05, 0) is 53.1 Å². The number of amides is 1. The zero-order valence-corrected chi connectivity index (χ0v) is 26.2. The van der Waals surface area contributed by atoms with Gasteiger partial charge in [-0.25, -0.2) is 0 Å². The number of hydrogen-bond acceptors (Lipinski definition) is 2. The van der Waals surface area contributed by atoms with Gasteiger partial charge in [0.25, 0.3) is 0 Å². The molecule has 0 radical (unpaired) electrons. The largest absolute Gasteiger partial charge is 0.339 e. The number of nitrogens with zero attached hydrogens (tertiary/aromatic N) is 2. The molecule has 0 unspecified atom stereocenters. The van der Waals surface area contributed by atoms with E-state index in [-0.39, 0.29) is 23.9 Å². The summed E-state index contributed by atoms with van der Waals surface area (Å²) in [5.74, 6) is 0.0546. The minimum absolute atomic E-state index is 0.0138. The van der Waals surface area contributed by atoms with Crippen LogP contribution >= 0.6 is 0 Å². The van der Waals surface area contributed by atoms with Crippen molar-refractivity contribution in [3.8, 4) is 11.1 Å². The Morgan fingerprint density at radius 3 is 1.55 bits per heavy atom. The topological polar surface area (TPSA) is 23.6 Å². The molecule has 1 amide bonds. The monoisotopic (exact) mass is 580 g/mol. The minimum Gasteiger partial charge on any atom is -0.339 e. The van der Waals surface area contributed by atoms with Crippen molar-refractivity contribution in [3.05, 3.63) is 168 Å². The highest BCUT2D eigenvalue weighted by molar-refractivity contribution is 5.78. The minimum atomic E-state index is -0.131. The maximum absolute atomic E-state index is 13.9. The molecule has 0 spiro atoms. The first-order valence-corrected chi connectivity index (χ1v) is 15.8. The molecule has 0 aliphatic rings. The lowest BCUT2D eigenvalue weighted by molar-refractivity contribution is -0.136. The van der Waals surface area contributed by atoms with Crippen LogP contribution in [0.3, 0.4) is 0 Å². The van der Waals surface area contributed by atoms with Crippen LogP contribution < -0.4 is 0 Å². The van der Waals surface area contributed by atoms with E-state index < -0.39 is 0 Å². The number of carbonyl (C=O) groups excluding carboxylic acids is 1. The third-order valence-electron chi connectivity index (χ3n) is 8.76. The van der Waals surface area contributed by atoms with Crippen LogP contribution in [0, 0.1) is 5.92 Å². The van der Waals surface area contributed by atoms with Gasteiger partial charge in [-0.1, -0.05) is 153 Å². The molecule has 0 heterocycles. The molecule has 0 bridgehead atoms. The maximum Gasteiger partial charge on any atom is 0.225 e. The van der Waals surface area contributed by atoms with Gasteiger partial charge in [0.05, 0.1) is 6.04 Å². The van der Waals surface area contributed by atoms with Gasteiger partial charge < -0.3 is 4.90 Å². The molecule has 44 heavy (non-hydrogen) atoms. The summed E-state index contributed by atoms with van der Waals surface area (Å²) in [5.41, 5.74) is 7.44. The Morgan fingerprint density at radius 2 is 1.02 bits per heavy atom. The Kier molecular flexibility index (Phi) is 10.8. The van der Waals surface area contributed by atoms with Crippen LogP contribution in [0.1, 0.15) is 48.6 Å². The fraction of sp³-hybridized carbons (Fsp3) is 0.244. The third kappa shape index (κ3) is 8.33. The fourth-order valence-electron chi connectivity index (χ4n) is 6.05. The fourth-order valence-corrected chi connectivity index (χ4v) is 6.05. The molecule has 3 nitrogen and oxygen atoms in total. The molecule has 0 fully saturated rings. The molecule has 0 aliphatic carbocycles. The van der Waals surface area contributed by atoms with Crippen LogP contribution in [0.4, 0.5) is 0 Å². The number of rotatable bonds is 13. The van der Waals surface area contributed by atoms with E-state index in [0.717, 1.165) is 31.5 Å². The number of hydrogen-bond donors (Lipinski definition) is 0. The third-order valence-corrected chi connectivity index (χ3v) is 8.76. The van der Waals surface area contributed by atoms with E-state index in [1.165, 1.54) is 27.8 Å². The van der Waals surface area contributed by atoms with Crippen molar-refractivity contribution < 1.29 is 4.79 Å². The van der Waals surface area contributed by atoms with Gasteiger partial charge in [0.15, 0.2) is 0 Å². The van der Waals surface area contributed by atoms with Crippen LogP contribution in [0.25, 0.3) is 11.1 Å². The standard InChI is InChI=1S/C41H44N2O/c1-32(41(44)42(3)33(2)37-20-12-6-13-21-37)28-40(29-34-24-26-39(27-25-34)38-22-14-7-15-23-38)43(30-35-16-8-4-9-17-35)31-36-18-10-5-11-19-36/h4-27,32-33,40H,28-31H2,1-3H3/t32-,33-,40+/m0/s1. The molecular weight excluding hydrogens is 536 g/mol. The van der Waals surface area contributed by atoms with Crippen molar-refractivity contribution in [1.82, 2.24) is 9.80 Å². The lowest BCUT2D eigenvalue weighted by Gasteiger charge is -2.35. The molecule has 0 N–H and O–H groups in total. The van der Waals surface area contributed by atoms with Crippen LogP contribution in [-0.4, -0.2) is 28.8 Å². The molecule has 0 saturated heterocycles. The van der Waals surface area contributed by atoms with Gasteiger partial charge in [-0.2, -0.15) is 0 Å². The second kappa shape index (κ2) is 15.3. The average molecular weight is 581 g/mol. The molecule has 5 aromatic carbocycles. The maximum atomic E-state index is 13.9. The van der Waals surface area contributed by atoms with Gasteiger partial charge in [-0.3, -0.25) is 9.69 Å². The lowest BCUT2D eigenvalue weighted by Crippen LogP contribution is -2.41. The van der Waals surface area contributed by atoms with E-state index in [0.29, 0.717) is 0 Å². The predicted molar refractivity (Wildman–Crippen MR) is 183 cm³/mol. The van der Waals surface area contributed by atoms with Crippen LogP contribution in [-0.2, 0) is 24.3 Å². The average Bonchev–Trinajstić information content (AvgIpc) is 3.08. The van der Waals surface area contributed by atoms with Crippen molar-refractivity contribution in [2.75, 3.05) is 7.05 Å². The van der Waals surface area contributed by atoms with Gasteiger partial charge in [0.2, 0.25) is 5.91 Å². The highest BCUT2D eigenvalue weighted by Crippen LogP contribution is 2.27. The molecule has 0 aliphatic heterocycles. The molecule has 5 rings (SSSR count). The summed E-state index contributed by atoms with van der Waals surface area (Å²) in [6.07, 6.45) is 1.63. The summed E-state index contributed by atoms with van der Waals surface area (Å²) in [4.78, 5) is 18.4. The number of benzene rings is 5. The first kappa shape index (κ1) is 31.0. The van der Waals surface area contributed by atoms with E-state index >= 15 is 0 Å². The van der Waals surface area contributed by atoms with Gasteiger partial charge in [-0.15, -0.1) is 0 Å². The molecule has 224 valence electrons. The summed E-state index contributed by atoms with van der Waals surface area (Å²) in [5, 5.41) is 0. The van der Waals surface area contributed by atoms with E-state index in [9.17, 15) is 4.79 Å². The molecular formula is C41H44N2O. The predicted octanol–water partition coefficient (Wildman–Crippen LogP) is 9.21. The Hall–Kier alpha value is -4.47. The van der Waals surface area contributed by atoms with Crippen molar-refractivity contribution in [2.45, 2.75) is 51.9 Å². The summed E-state index contributed by atoms with van der Waals surface area (Å²) >= 11 is 0. The lowest BCUT2D eigenvalue weighted by atomic mass is 9.92. The van der Waals surface area contributed by atoms with Crippen molar-refractivity contribution in [2.24, 2.45) is 5.92 Å². The summed E-state index contributed by atoms with van der Waals surface area (Å²) in [6, 6.07) is 51.4. The summed E-state index contributed by atoms with van der Waals surface area (Å²) < 4.78 is 0. The van der Waals surface area contributed by atoms with E-state index in [1.807, 2.05) is 30.1 Å². The molecule has 0 aromatic heterocycles. The molecule has 3 heteroatoms. The highest BCUT2D eigenvalue weighted by Gasteiger charge is 2.28. The summed E-state index contributed by atoms with van der Waals surface area (Å²) in [6.45, 7) is 5.85. The first-order valence-electron chi connectivity index (χ1n) is 15.8. The normalized spacial score (nSPS) is 13.3. The van der Waals surface area contributed by atoms with Gasteiger partial charge >= 0.3 is 0 Å². The molecule has 3 atom stereocenters. The van der Waals surface area contributed by atoms with E-state index in [4.69, 9.17) is 0 Å². The second-order valence-corrected chi connectivity index (χ2v) is 12.0. The quantitative estimate of drug-likeness (QED) is 0.139. The number of carbonyl (C=O) groups is 1. The Labute approximate surface area is 263 Å². The van der Waals surface area contributed by atoms with Crippen molar-refractivity contribution >= 4 is 5.91 Å². The van der Waals surface area contributed by atoms with Crippen molar-refractivity contribution in [1.29, 1.82) is 0 Å². The Morgan fingerprint density at radius 1 is 0.568 bits per heavy atom. The molecule has 0 saturated carbocycles. The van der Waals surface area contributed by atoms with Crippen LogP contribution in [0.15, 0.2) is 146 Å². The smallest absolute Gasteiger partial charge is 0.225 e. The molecule has 5 aromatic rings. The van der Waals surface area contributed by atoms with Gasteiger partial charge in [0.1, 0.15) is 0 Å². The Balaban J connectivity index is 1.42. The Bertz CT molecular complexity index is 1510.